The maximum absolute atomic E-state index is 12.7. The minimum atomic E-state index is -0.223. The highest BCUT2D eigenvalue weighted by atomic mass is 16.5. The molecular formula is C44H85NO6. The Labute approximate surface area is 316 Å². The van der Waals surface area contributed by atoms with Gasteiger partial charge in [-0.15, -0.1) is 0 Å². The van der Waals surface area contributed by atoms with Gasteiger partial charge in [-0.25, -0.2) is 0 Å². The number of carbonyl (C=O) groups is 3. The van der Waals surface area contributed by atoms with Crippen LogP contribution in [0.1, 0.15) is 227 Å². The highest BCUT2D eigenvalue weighted by Gasteiger charge is 2.14. The molecule has 51 heavy (non-hydrogen) atoms. The van der Waals surface area contributed by atoms with Crippen LogP contribution in [0.4, 0.5) is 0 Å². The van der Waals surface area contributed by atoms with E-state index in [0.717, 1.165) is 116 Å². The number of hydrogen-bond acceptors (Lipinski definition) is 7. The Morgan fingerprint density at radius 2 is 0.843 bits per heavy atom. The fraction of sp³-hybridized carbons (Fsp3) is 0.932. The summed E-state index contributed by atoms with van der Waals surface area (Å²) in [5.41, 5.74) is 0. The van der Waals surface area contributed by atoms with Gasteiger partial charge in [-0.1, -0.05) is 149 Å². The van der Waals surface area contributed by atoms with Crippen molar-refractivity contribution in [3.63, 3.8) is 0 Å². The zero-order valence-electron chi connectivity index (χ0n) is 34.4. The summed E-state index contributed by atoms with van der Waals surface area (Å²) in [6, 6.07) is 0. The predicted molar refractivity (Wildman–Crippen MR) is 214 cm³/mol. The van der Waals surface area contributed by atoms with Gasteiger partial charge in [0.1, 0.15) is 12.7 Å². The van der Waals surface area contributed by atoms with Gasteiger partial charge in [0.25, 0.3) is 0 Å². The highest BCUT2D eigenvalue weighted by Crippen LogP contribution is 2.18. The highest BCUT2D eigenvalue weighted by molar-refractivity contribution is 5.69. The summed E-state index contributed by atoms with van der Waals surface area (Å²) in [5.74, 6) is -0.269. The predicted octanol–water partition coefficient (Wildman–Crippen LogP) is 12.5. The van der Waals surface area contributed by atoms with Crippen molar-refractivity contribution >= 4 is 17.9 Å². The van der Waals surface area contributed by atoms with Gasteiger partial charge in [0.2, 0.25) is 0 Å². The molecule has 0 N–H and O–H groups in total. The second kappa shape index (κ2) is 39.6. The molecule has 0 aromatic carbocycles. The van der Waals surface area contributed by atoms with Gasteiger partial charge in [0, 0.05) is 26.3 Å². The van der Waals surface area contributed by atoms with Crippen LogP contribution in [0.15, 0.2) is 0 Å². The summed E-state index contributed by atoms with van der Waals surface area (Å²) in [6.07, 6.45) is 35.1. The zero-order valence-corrected chi connectivity index (χ0v) is 34.4. The second-order valence-corrected chi connectivity index (χ2v) is 15.1. The maximum Gasteiger partial charge on any atom is 0.306 e. The monoisotopic (exact) mass is 724 g/mol. The number of carbonyl (C=O) groups excluding carboxylic acids is 3. The molecule has 0 rings (SSSR count). The van der Waals surface area contributed by atoms with Crippen LogP contribution < -0.4 is 0 Å². The zero-order chi connectivity index (χ0) is 37.5. The molecule has 0 aromatic rings. The fourth-order valence-electron chi connectivity index (χ4n) is 6.70. The first kappa shape index (κ1) is 49.4. The molecule has 0 saturated carbocycles. The van der Waals surface area contributed by atoms with Gasteiger partial charge in [0.15, 0.2) is 0 Å². The molecule has 302 valence electrons. The number of rotatable bonds is 40. The lowest BCUT2D eigenvalue weighted by Gasteiger charge is -2.22. The summed E-state index contributed by atoms with van der Waals surface area (Å²) < 4.78 is 16.6. The molecule has 0 radical (unpaired) electrons. The van der Waals surface area contributed by atoms with Crippen LogP contribution in [0.5, 0.6) is 0 Å². The third-order valence-electron chi connectivity index (χ3n) is 9.99. The quantitative estimate of drug-likeness (QED) is 0.0353. The molecule has 0 heterocycles. The molecule has 0 spiro atoms. The molecule has 0 amide bonds. The lowest BCUT2D eigenvalue weighted by molar-refractivity contribution is -0.150. The molecule has 0 bridgehead atoms. The number of unbranched alkanes of at least 4 members (excludes halogenated alkanes) is 22. The summed E-state index contributed by atoms with van der Waals surface area (Å²) in [7, 11) is 0. The molecule has 0 aliphatic heterocycles. The van der Waals surface area contributed by atoms with Gasteiger partial charge in [-0.2, -0.15) is 0 Å². The average molecular weight is 724 g/mol. The van der Waals surface area contributed by atoms with Gasteiger partial charge in [0.05, 0.1) is 6.61 Å². The first-order valence-electron chi connectivity index (χ1n) is 22.1. The molecule has 7 nitrogen and oxygen atoms in total. The summed E-state index contributed by atoms with van der Waals surface area (Å²) in [4.78, 5) is 38.4. The van der Waals surface area contributed by atoms with Crippen molar-refractivity contribution in [3.8, 4) is 0 Å². The van der Waals surface area contributed by atoms with Gasteiger partial charge in [-0.05, 0) is 70.9 Å². The molecule has 0 aliphatic carbocycles. The maximum atomic E-state index is 12.7. The summed E-state index contributed by atoms with van der Waals surface area (Å²) in [5, 5.41) is 0. The fourth-order valence-corrected chi connectivity index (χ4v) is 6.70. The van der Waals surface area contributed by atoms with Crippen LogP contribution in [-0.4, -0.2) is 61.8 Å². The average Bonchev–Trinajstić information content (AvgIpc) is 3.11. The van der Waals surface area contributed by atoms with Crippen LogP contribution in [0.25, 0.3) is 0 Å². The van der Waals surface area contributed by atoms with E-state index in [1.54, 1.807) is 0 Å². The van der Waals surface area contributed by atoms with E-state index in [-0.39, 0.29) is 24.0 Å². The van der Waals surface area contributed by atoms with Crippen molar-refractivity contribution < 1.29 is 28.6 Å². The Kier molecular flexibility index (Phi) is 38.3. The number of esters is 3. The van der Waals surface area contributed by atoms with E-state index in [2.05, 4.69) is 25.7 Å². The van der Waals surface area contributed by atoms with Crippen molar-refractivity contribution in [2.24, 2.45) is 0 Å². The van der Waals surface area contributed by atoms with Crippen molar-refractivity contribution in [1.29, 1.82) is 0 Å². The van der Waals surface area contributed by atoms with Crippen molar-refractivity contribution in [2.75, 3.05) is 32.8 Å². The van der Waals surface area contributed by atoms with Crippen molar-refractivity contribution in [2.45, 2.75) is 233 Å². The molecule has 0 aromatic heterocycles. The van der Waals surface area contributed by atoms with E-state index >= 15 is 0 Å². The molecule has 0 aliphatic rings. The lowest BCUT2D eigenvalue weighted by atomic mass is 10.0. The summed E-state index contributed by atoms with van der Waals surface area (Å²) >= 11 is 0. The smallest absolute Gasteiger partial charge is 0.306 e. The third kappa shape index (κ3) is 37.9. The van der Waals surface area contributed by atoms with E-state index in [9.17, 15) is 14.4 Å². The second-order valence-electron chi connectivity index (χ2n) is 15.1. The molecule has 1 unspecified atom stereocenters. The van der Waals surface area contributed by atoms with Crippen LogP contribution in [-0.2, 0) is 28.6 Å². The topological polar surface area (TPSA) is 82.1 Å². The van der Waals surface area contributed by atoms with Crippen molar-refractivity contribution in [1.82, 2.24) is 4.90 Å². The number of nitrogens with zero attached hydrogens (tertiary/aromatic N) is 1. The van der Waals surface area contributed by atoms with E-state index in [4.69, 9.17) is 14.2 Å². The van der Waals surface area contributed by atoms with Crippen LogP contribution in [0.2, 0.25) is 0 Å². The van der Waals surface area contributed by atoms with Gasteiger partial charge >= 0.3 is 17.9 Å². The van der Waals surface area contributed by atoms with Crippen LogP contribution >= 0.6 is 0 Å². The van der Waals surface area contributed by atoms with Crippen LogP contribution in [0.3, 0.4) is 0 Å². The van der Waals surface area contributed by atoms with Gasteiger partial charge in [-0.3, -0.25) is 19.3 Å². The Bertz CT molecular complexity index is 775. The molecule has 1 atom stereocenters. The van der Waals surface area contributed by atoms with E-state index < -0.39 is 0 Å². The largest absolute Gasteiger partial charge is 0.466 e. The third-order valence-corrected chi connectivity index (χ3v) is 9.99. The molecule has 0 saturated heterocycles. The Balaban J connectivity index is 4.12. The Morgan fingerprint density at radius 1 is 0.431 bits per heavy atom. The SMILES string of the molecule is CCCCCCCCCOC(=O)CCCCCCCN(CCCCCCCC(=O)OC(CCCCCC)CCCCCCCC)CCOC(C)=O. The van der Waals surface area contributed by atoms with Crippen LogP contribution in [0, 0.1) is 0 Å². The number of hydrogen-bond donors (Lipinski definition) is 0. The first-order chi connectivity index (χ1) is 24.9. The normalized spacial score (nSPS) is 11.9. The van der Waals surface area contributed by atoms with E-state index in [1.807, 2.05) is 0 Å². The number of ether oxygens (including phenoxy) is 3. The van der Waals surface area contributed by atoms with Crippen molar-refractivity contribution in [3.05, 3.63) is 0 Å². The molecular weight excluding hydrogens is 638 g/mol. The minimum absolute atomic E-state index is 0.00291. The Morgan fingerprint density at radius 3 is 1.35 bits per heavy atom. The minimum Gasteiger partial charge on any atom is -0.466 e. The lowest BCUT2D eigenvalue weighted by Crippen LogP contribution is -2.30. The molecule has 0 fully saturated rings. The van der Waals surface area contributed by atoms with E-state index in [1.165, 1.54) is 96.8 Å². The van der Waals surface area contributed by atoms with E-state index in [0.29, 0.717) is 26.1 Å². The summed E-state index contributed by atoms with van der Waals surface area (Å²) in [6.45, 7) is 12.0. The standard InChI is InChI=1S/C44H85NO6/c1-5-8-11-14-16-24-31-39-50-43(47)34-27-20-17-22-29-36-45(38-40-49-41(4)46)37-30-23-18-21-28-35-44(48)51-42(32-25-13-10-7-3)33-26-19-15-12-9-6-2/h42H,5-40H2,1-4H3. The Hall–Kier alpha value is -1.63. The van der Waals surface area contributed by atoms with Gasteiger partial charge < -0.3 is 14.2 Å². The first-order valence-corrected chi connectivity index (χ1v) is 22.1. The molecule has 7 heteroatoms.